The van der Waals surface area contributed by atoms with Crippen LogP contribution in [-0.4, -0.2) is 20.2 Å². The molecule has 0 radical (unpaired) electrons. The van der Waals surface area contributed by atoms with Gasteiger partial charge in [-0.05, 0) is 42.8 Å². The van der Waals surface area contributed by atoms with Crippen molar-refractivity contribution in [1.29, 1.82) is 0 Å². The predicted molar refractivity (Wildman–Crippen MR) is 106 cm³/mol. The number of halogens is 1. The smallest absolute Gasteiger partial charge is 0.258 e. The first-order valence-corrected chi connectivity index (χ1v) is 9.86. The molecule has 6 nitrogen and oxygen atoms in total. The first kappa shape index (κ1) is 17.6. The van der Waals surface area contributed by atoms with Gasteiger partial charge in [0.25, 0.3) is 5.56 Å². The van der Waals surface area contributed by atoms with Gasteiger partial charge in [-0.25, -0.2) is 9.37 Å². The summed E-state index contributed by atoms with van der Waals surface area (Å²) in [5.41, 5.74) is 2.27. The Kier molecular flexibility index (Phi) is 4.87. The minimum absolute atomic E-state index is 0.143. The van der Waals surface area contributed by atoms with E-state index in [1.165, 1.54) is 35.2 Å². The van der Waals surface area contributed by atoms with Crippen LogP contribution in [0.3, 0.4) is 0 Å². The van der Waals surface area contributed by atoms with Gasteiger partial charge in [-0.1, -0.05) is 35.2 Å². The van der Waals surface area contributed by atoms with Crippen LogP contribution in [0.5, 0.6) is 0 Å². The minimum atomic E-state index is -0.291. The van der Waals surface area contributed by atoms with Crippen molar-refractivity contribution in [1.82, 2.24) is 20.2 Å². The molecule has 0 unspecified atom stereocenters. The summed E-state index contributed by atoms with van der Waals surface area (Å²) in [6.07, 6.45) is 0. The normalized spacial score (nSPS) is 11.0. The average molecular weight is 399 g/mol. The number of aromatic amines is 1. The number of aryl methyl sites for hydroxylation is 1. The highest BCUT2D eigenvalue weighted by atomic mass is 32.2. The molecule has 2 heterocycles. The molecule has 0 amide bonds. The molecule has 0 saturated carbocycles. The van der Waals surface area contributed by atoms with Gasteiger partial charge in [0.15, 0.2) is 4.34 Å². The molecule has 0 bridgehead atoms. The summed E-state index contributed by atoms with van der Waals surface area (Å²) in [6, 6.07) is 11.6. The van der Waals surface area contributed by atoms with Crippen LogP contribution < -0.4 is 10.9 Å². The number of benzene rings is 2. The third-order valence-corrected chi connectivity index (χ3v) is 5.80. The third kappa shape index (κ3) is 3.99. The lowest BCUT2D eigenvalue weighted by Gasteiger charge is -2.03. The molecule has 4 rings (SSSR count). The van der Waals surface area contributed by atoms with Gasteiger partial charge in [-0.15, -0.1) is 10.2 Å². The molecule has 0 atom stereocenters. The van der Waals surface area contributed by atoms with E-state index >= 15 is 0 Å². The van der Waals surface area contributed by atoms with E-state index in [9.17, 15) is 9.18 Å². The summed E-state index contributed by atoms with van der Waals surface area (Å²) >= 11 is 2.82. The zero-order chi connectivity index (χ0) is 18.8. The van der Waals surface area contributed by atoms with Gasteiger partial charge in [0.05, 0.1) is 16.7 Å². The van der Waals surface area contributed by atoms with Crippen molar-refractivity contribution in [3.8, 4) is 0 Å². The first-order valence-electron chi connectivity index (χ1n) is 8.06. The Morgan fingerprint density at radius 3 is 2.81 bits per heavy atom. The number of anilines is 2. The van der Waals surface area contributed by atoms with Crippen LogP contribution in [0.2, 0.25) is 0 Å². The minimum Gasteiger partial charge on any atom is -0.330 e. The molecule has 27 heavy (non-hydrogen) atoms. The first-order chi connectivity index (χ1) is 13.1. The number of thioether (sulfide) groups is 1. The SMILES string of the molecule is Cc1cccc2c(=O)[nH]c(CSc3nnc(Nc4ccc(F)cc4)s3)nc12. The zero-order valence-corrected chi connectivity index (χ0v) is 15.8. The molecule has 9 heteroatoms. The van der Waals surface area contributed by atoms with E-state index in [-0.39, 0.29) is 11.4 Å². The van der Waals surface area contributed by atoms with Gasteiger partial charge >= 0.3 is 0 Å². The van der Waals surface area contributed by atoms with Crippen molar-refractivity contribution in [3.63, 3.8) is 0 Å². The number of nitrogens with zero attached hydrogens (tertiary/aromatic N) is 3. The second-order valence-electron chi connectivity index (χ2n) is 5.78. The third-order valence-electron chi connectivity index (χ3n) is 3.82. The lowest BCUT2D eigenvalue weighted by Crippen LogP contribution is -2.11. The summed E-state index contributed by atoms with van der Waals surface area (Å²) in [5.74, 6) is 0.779. The van der Waals surface area contributed by atoms with Gasteiger partial charge in [-0.3, -0.25) is 4.79 Å². The number of fused-ring (bicyclic) bond motifs is 1. The Balaban J connectivity index is 1.47. The number of nitrogens with one attached hydrogen (secondary N) is 2. The molecule has 2 aromatic carbocycles. The van der Waals surface area contributed by atoms with E-state index in [2.05, 4.69) is 25.5 Å². The molecule has 0 fully saturated rings. The lowest BCUT2D eigenvalue weighted by atomic mass is 10.1. The van der Waals surface area contributed by atoms with Crippen LogP contribution in [0.1, 0.15) is 11.4 Å². The van der Waals surface area contributed by atoms with Crippen molar-refractivity contribution < 1.29 is 4.39 Å². The van der Waals surface area contributed by atoms with Crippen LogP contribution in [0, 0.1) is 12.7 Å². The van der Waals surface area contributed by atoms with Crippen molar-refractivity contribution in [3.05, 3.63) is 70.0 Å². The molecule has 2 N–H and O–H groups in total. The number of H-pyrrole nitrogens is 1. The van der Waals surface area contributed by atoms with Crippen molar-refractivity contribution in [2.45, 2.75) is 17.0 Å². The predicted octanol–water partition coefficient (Wildman–Crippen LogP) is 4.26. The summed E-state index contributed by atoms with van der Waals surface area (Å²) in [4.78, 5) is 19.6. The van der Waals surface area contributed by atoms with Crippen LogP contribution in [0.15, 0.2) is 51.6 Å². The van der Waals surface area contributed by atoms with Crippen LogP contribution in [0.25, 0.3) is 10.9 Å². The maximum atomic E-state index is 13.0. The Bertz CT molecular complexity index is 1160. The highest BCUT2D eigenvalue weighted by Gasteiger charge is 2.09. The maximum absolute atomic E-state index is 13.0. The van der Waals surface area contributed by atoms with E-state index in [0.29, 0.717) is 27.6 Å². The quantitative estimate of drug-likeness (QED) is 0.488. The number of hydrogen-bond acceptors (Lipinski definition) is 7. The van der Waals surface area contributed by atoms with Gasteiger partial charge in [0, 0.05) is 5.69 Å². The Labute approximate surface area is 161 Å². The van der Waals surface area contributed by atoms with E-state index in [1.807, 2.05) is 19.1 Å². The topological polar surface area (TPSA) is 83.6 Å². The molecule has 0 aliphatic rings. The molecular formula is C18H14FN5OS2. The largest absolute Gasteiger partial charge is 0.330 e. The number of hydrogen-bond donors (Lipinski definition) is 2. The molecule has 0 aliphatic carbocycles. The summed E-state index contributed by atoms with van der Waals surface area (Å²) in [6.45, 7) is 1.93. The van der Waals surface area contributed by atoms with E-state index < -0.39 is 0 Å². The van der Waals surface area contributed by atoms with Gasteiger partial charge in [-0.2, -0.15) is 0 Å². The van der Waals surface area contributed by atoms with E-state index in [1.54, 1.807) is 18.2 Å². The highest BCUT2D eigenvalue weighted by Crippen LogP contribution is 2.29. The van der Waals surface area contributed by atoms with Gasteiger partial charge < -0.3 is 10.3 Å². The van der Waals surface area contributed by atoms with Crippen molar-refractivity contribution in [2.75, 3.05) is 5.32 Å². The Morgan fingerprint density at radius 1 is 1.19 bits per heavy atom. The number of rotatable bonds is 5. The standard InChI is InChI=1S/C18H14FN5OS2/c1-10-3-2-4-13-15(10)21-14(22-16(13)25)9-26-18-24-23-17(27-18)20-12-7-5-11(19)6-8-12/h2-8H,9H2,1H3,(H,20,23)(H,21,22,25). The van der Waals surface area contributed by atoms with Crippen LogP contribution in [-0.2, 0) is 5.75 Å². The molecular weight excluding hydrogens is 385 g/mol. The van der Waals surface area contributed by atoms with Crippen molar-refractivity contribution >= 4 is 44.8 Å². The molecule has 0 saturated heterocycles. The highest BCUT2D eigenvalue weighted by molar-refractivity contribution is 8.00. The molecule has 0 spiro atoms. The summed E-state index contributed by atoms with van der Waals surface area (Å²) < 4.78 is 13.7. The molecule has 0 aliphatic heterocycles. The molecule has 2 aromatic heterocycles. The fraction of sp³-hybridized carbons (Fsp3) is 0.111. The second kappa shape index (κ2) is 7.45. The Morgan fingerprint density at radius 2 is 2.00 bits per heavy atom. The van der Waals surface area contributed by atoms with E-state index in [4.69, 9.17) is 0 Å². The van der Waals surface area contributed by atoms with E-state index in [0.717, 1.165) is 15.6 Å². The summed E-state index contributed by atoms with van der Waals surface area (Å²) in [7, 11) is 0. The average Bonchev–Trinajstić information content (AvgIpc) is 3.10. The second-order valence-corrected chi connectivity index (χ2v) is 7.98. The van der Waals surface area contributed by atoms with Gasteiger partial charge in [0.2, 0.25) is 5.13 Å². The molecule has 4 aromatic rings. The van der Waals surface area contributed by atoms with Crippen LogP contribution >= 0.6 is 23.1 Å². The number of para-hydroxylation sites is 1. The van der Waals surface area contributed by atoms with Gasteiger partial charge in [0.1, 0.15) is 11.6 Å². The monoisotopic (exact) mass is 399 g/mol. The fourth-order valence-electron chi connectivity index (χ4n) is 2.53. The maximum Gasteiger partial charge on any atom is 0.258 e. The number of aromatic nitrogens is 4. The summed E-state index contributed by atoms with van der Waals surface area (Å²) in [5, 5.41) is 12.5. The van der Waals surface area contributed by atoms with Crippen molar-refractivity contribution in [2.24, 2.45) is 0 Å². The zero-order valence-electron chi connectivity index (χ0n) is 14.2. The molecule has 136 valence electrons. The lowest BCUT2D eigenvalue weighted by molar-refractivity contribution is 0.628. The van der Waals surface area contributed by atoms with Crippen LogP contribution in [0.4, 0.5) is 15.2 Å². The Hall–Kier alpha value is -2.78. The fourth-order valence-corrected chi connectivity index (χ4v) is 4.17.